The lowest BCUT2D eigenvalue weighted by Gasteiger charge is -2.12. The van der Waals surface area contributed by atoms with Gasteiger partial charge in [-0.3, -0.25) is 9.79 Å². The minimum atomic E-state index is -1.63. The Morgan fingerprint density at radius 1 is 1.22 bits per heavy atom. The molecule has 0 aliphatic carbocycles. The van der Waals surface area contributed by atoms with Gasteiger partial charge >= 0.3 is 0 Å². The zero-order valence-corrected chi connectivity index (χ0v) is 15.7. The fourth-order valence-corrected chi connectivity index (χ4v) is 2.98. The quantitative estimate of drug-likeness (QED) is 0.380. The van der Waals surface area contributed by atoms with Gasteiger partial charge in [0.25, 0.3) is 0 Å². The van der Waals surface area contributed by atoms with Crippen molar-refractivity contribution in [3.8, 4) is 0 Å². The molecule has 0 saturated carbocycles. The summed E-state index contributed by atoms with van der Waals surface area (Å²) >= 11 is 1.65. The molecule has 10 heteroatoms. The molecule has 3 N–H and O–H groups in total. The maximum absolute atomic E-state index is 13.6. The highest BCUT2D eigenvalue weighted by Crippen LogP contribution is 2.19. The molecule has 0 fully saturated rings. The van der Waals surface area contributed by atoms with Crippen molar-refractivity contribution in [3.63, 3.8) is 0 Å². The molecular formula is C17H20F3N5OS. The Kier molecular flexibility index (Phi) is 7.59. The van der Waals surface area contributed by atoms with Crippen LogP contribution in [0.3, 0.4) is 0 Å². The van der Waals surface area contributed by atoms with Gasteiger partial charge in [-0.15, -0.1) is 11.3 Å². The van der Waals surface area contributed by atoms with Crippen LogP contribution in [0.4, 0.5) is 18.9 Å². The van der Waals surface area contributed by atoms with Gasteiger partial charge in [-0.1, -0.05) is 6.92 Å². The number of benzene rings is 1. The minimum Gasteiger partial charge on any atom is -0.356 e. The van der Waals surface area contributed by atoms with Gasteiger partial charge in [-0.25, -0.2) is 18.2 Å². The molecule has 6 nitrogen and oxygen atoms in total. The molecule has 0 aliphatic rings. The zero-order chi connectivity index (χ0) is 19.8. The van der Waals surface area contributed by atoms with Crippen LogP contribution < -0.4 is 16.0 Å². The lowest BCUT2D eigenvalue weighted by atomic mass is 10.2. The fraction of sp³-hybridized carbons (Fsp3) is 0.353. The average molecular weight is 399 g/mol. The highest BCUT2D eigenvalue weighted by atomic mass is 32.1. The largest absolute Gasteiger partial charge is 0.356 e. The molecule has 0 radical (unpaired) electrons. The SMILES string of the molecule is CCc1cnc(CCNC(=NC)NCC(=O)Nc2ccc(F)c(F)c2F)s1. The highest BCUT2D eigenvalue weighted by Gasteiger charge is 2.15. The molecule has 0 saturated heterocycles. The van der Waals surface area contributed by atoms with E-state index in [1.165, 1.54) is 4.88 Å². The van der Waals surface area contributed by atoms with E-state index < -0.39 is 29.0 Å². The summed E-state index contributed by atoms with van der Waals surface area (Å²) in [6.07, 6.45) is 3.51. The maximum atomic E-state index is 13.6. The second kappa shape index (κ2) is 9.91. The van der Waals surface area contributed by atoms with Crippen molar-refractivity contribution >= 4 is 28.9 Å². The van der Waals surface area contributed by atoms with Crippen LogP contribution in [0.5, 0.6) is 0 Å². The average Bonchev–Trinajstić information content (AvgIpc) is 3.13. The van der Waals surface area contributed by atoms with Gasteiger partial charge in [-0.05, 0) is 18.6 Å². The number of carbonyl (C=O) groups excluding carboxylic acids is 1. The van der Waals surface area contributed by atoms with E-state index in [0.717, 1.165) is 23.6 Å². The molecule has 1 aromatic carbocycles. The number of hydrogen-bond acceptors (Lipinski definition) is 4. The summed E-state index contributed by atoms with van der Waals surface area (Å²) in [4.78, 5) is 21.4. The molecule has 27 heavy (non-hydrogen) atoms. The fourth-order valence-electron chi connectivity index (χ4n) is 2.12. The number of aromatic nitrogens is 1. The number of nitrogens with zero attached hydrogens (tertiary/aromatic N) is 2. The summed E-state index contributed by atoms with van der Waals surface area (Å²) < 4.78 is 39.6. The van der Waals surface area contributed by atoms with Crippen molar-refractivity contribution in [2.45, 2.75) is 19.8 Å². The van der Waals surface area contributed by atoms with Crippen molar-refractivity contribution in [3.05, 3.63) is 45.7 Å². The number of carbonyl (C=O) groups is 1. The van der Waals surface area contributed by atoms with E-state index >= 15 is 0 Å². The lowest BCUT2D eigenvalue weighted by molar-refractivity contribution is -0.115. The van der Waals surface area contributed by atoms with E-state index in [-0.39, 0.29) is 6.54 Å². The van der Waals surface area contributed by atoms with Gasteiger partial charge < -0.3 is 16.0 Å². The number of anilines is 1. The number of hydrogen-bond donors (Lipinski definition) is 3. The molecule has 0 bridgehead atoms. The van der Waals surface area contributed by atoms with Gasteiger partial charge in [0.05, 0.1) is 17.2 Å². The summed E-state index contributed by atoms with van der Waals surface area (Å²) in [6, 6.07) is 1.70. The van der Waals surface area contributed by atoms with E-state index in [2.05, 4.69) is 32.9 Å². The molecular weight excluding hydrogens is 379 g/mol. The van der Waals surface area contributed by atoms with Crippen LogP contribution in [-0.2, 0) is 17.6 Å². The lowest BCUT2D eigenvalue weighted by Crippen LogP contribution is -2.42. The van der Waals surface area contributed by atoms with Gasteiger partial charge in [-0.2, -0.15) is 0 Å². The van der Waals surface area contributed by atoms with Gasteiger partial charge in [0, 0.05) is 31.1 Å². The Morgan fingerprint density at radius 3 is 2.67 bits per heavy atom. The Bertz CT molecular complexity index is 825. The van der Waals surface area contributed by atoms with E-state index in [0.29, 0.717) is 18.9 Å². The summed E-state index contributed by atoms with van der Waals surface area (Å²) in [6.45, 7) is 2.41. The summed E-state index contributed by atoms with van der Waals surface area (Å²) in [5, 5.41) is 8.97. The Balaban J connectivity index is 1.78. The molecule has 1 amide bonds. The van der Waals surface area contributed by atoms with Gasteiger partial charge in [0.15, 0.2) is 23.4 Å². The van der Waals surface area contributed by atoms with Crippen molar-refractivity contribution in [1.82, 2.24) is 15.6 Å². The second-order valence-electron chi connectivity index (χ2n) is 5.45. The molecule has 0 unspecified atom stereocenters. The molecule has 1 heterocycles. The zero-order valence-electron chi connectivity index (χ0n) is 14.9. The Morgan fingerprint density at radius 2 is 2.00 bits per heavy atom. The van der Waals surface area contributed by atoms with Crippen LogP contribution >= 0.6 is 11.3 Å². The van der Waals surface area contributed by atoms with Crippen LogP contribution in [0.15, 0.2) is 23.3 Å². The first kappa shape index (κ1) is 20.7. The van der Waals surface area contributed by atoms with E-state index in [1.807, 2.05) is 6.20 Å². The predicted octanol–water partition coefficient (Wildman–Crippen LogP) is 2.47. The second-order valence-corrected chi connectivity index (χ2v) is 6.65. The third-order valence-corrected chi connectivity index (χ3v) is 4.73. The van der Waals surface area contributed by atoms with Crippen molar-refractivity contribution in [1.29, 1.82) is 0 Å². The first-order valence-corrected chi connectivity index (χ1v) is 9.07. The van der Waals surface area contributed by atoms with Crippen molar-refractivity contribution in [2.75, 3.05) is 25.5 Å². The molecule has 2 aromatic rings. The number of nitrogens with one attached hydrogen (secondary N) is 3. The van der Waals surface area contributed by atoms with Crippen molar-refractivity contribution < 1.29 is 18.0 Å². The Labute approximate surface area is 158 Å². The number of amides is 1. The number of halogens is 3. The molecule has 0 atom stereocenters. The summed E-state index contributed by atoms with van der Waals surface area (Å²) in [5.74, 6) is -4.65. The highest BCUT2D eigenvalue weighted by molar-refractivity contribution is 7.11. The number of rotatable bonds is 7. The van der Waals surface area contributed by atoms with Crippen LogP contribution in [0, 0.1) is 17.5 Å². The first-order chi connectivity index (χ1) is 12.9. The molecule has 0 spiro atoms. The molecule has 146 valence electrons. The van der Waals surface area contributed by atoms with Crippen LogP contribution in [-0.4, -0.2) is 37.0 Å². The van der Waals surface area contributed by atoms with Crippen LogP contribution in [0.1, 0.15) is 16.8 Å². The third-order valence-electron chi connectivity index (χ3n) is 3.53. The third kappa shape index (κ3) is 5.95. The summed E-state index contributed by atoms with van der Waals surface area (Å²) in [5.41, 5.74) is -0.431. The number of aryl methyl sites for hydroxylation is 1. The predicted molar refractivity (Wildman–Crippen MR) is 99.5 cm³/mol. The standard InChI is InChI=1S/C17H20F3N5OS/c1-3-10-8-23-14(27-10)6-7-22-17(21-2)24-9-13(26)25-12-5-4-11(18)15(19)16(12)20/h4-5,8H,3,6-7,9H2,1-2H3,(H,25,26)(H2,21,22,24). The molecule has 0 aliphatic heterocycles. The maximum Gasteiger partial charge on any atom is 0.243 e. The summed E-state index contributed by atoms with van der Waals surface area (Å²) in [7, 11) is 1.54. The number of thiazole rings is 1. The number of aliphatic imine (C=N–C) groups is 1. The smallest absolute Gasteiger partial charge is 0.243 e. The molecule has 2 rings (SSSR count). The topological polar surface area (TPSA) is 78.4 Å². The van der Waals surface area contributed by atoms with Crippen LogP contribution in [0.2, 0.25) is 0 Å². The minimum absolute atomic E-state index is 0.227. The van der Waals surface area contributed by atoms with Crippen molar-refractivity contribution in [2.24, 2.45) is 4.99 Å². The van der Waals surface area contributed by atoms with E-state index in [9.17, 15) is 18.0 Å². The van der Waals surface area contributed by atoms with Gasteiger partial charge in [0.1, 0.15) is 0 Å². The van der Waals surface area contributed by atoms with E-state index in [1.54, 1.807) is 18.4 Å². The Hall–Kier alpha value is -2.62. The first-order valence-electron chi connectivity index (χ1n) is 8.26. The molecule has 1 aromatic heterocycles. The number of guanidine groups is 1. The monoisotopic (exact) mass is 399 g/mol. The van der Waals surface area contributed by atoms with Gasteiger partial charge in [0.2, 0.25) is 5.91 Å². The van der Waals surface area contributed by atoms with Crippen LogP contribution in [0.25, 0.3) is 0 Å². The van der Waals surface area contributed by atoms with E-state index in [4.69, 9.17) is 0 Å². The normalized spacial score (nSPS) is 11.4.